The van der Waals surface area contributed by atoms with E-state index in [4.69, 9.17) is 0 Å². The van der Waals surface area contributed by atoms with Crippen LogP contribution in [0.2, 0.25) is 0 Å². The SMILES string of the molecule is CC1(c2cccc(NC(=O)c3ccnc4ccccc34)c2)NC(=O)NC1=O. The third kappa shape index (κ3) is 2.89. The number of amides is 4. The molecule has 27 heavy (non-hydrogen) atoms. The van der Waals surface area contributed by atoms with E-state index in [1.807, 2.05) is 24.3 Å². The molecule has 1 aliphatic heterocycles. The van der Waals surface area contributed by atoms with E-state index in [1.165, 1.54) is 0 Å². The largest absolute Gasteiger partial charge is 0.322 e. The first-order valence-electron chi connectivity index (χ1n) is 8.36. The summed E-state index contributed by atoms with van der Waals surface area (Å²) < 4.78 is 0. The Labute approximate surface area is 154 Å². The number of carbonyl (C=O) groups excluding carboxylic acids is 3. The van der Waals surface area contributed by atoms with Gasteiger partial charge in [-0.05, 0) is 36.8 Å². The van der Waals surface area contributed by atoms with Crippen LogP contribution in [0.15, 0.2) is 60.8 Å². The Morgan fingerprint density at radius 3 is 2.67 bits per heavy atom. The summed E-state index contributed by atoms with van der Waals surface area (Å²) in [6.45, 7) is 1.62. The zero-order valence-electron chi connectivity index (χ0n) is 14.4. The second kappa shape index (κ2) is 6.21. The quantitative estimate of drug-likeness (QED) is 0.625. The first-order chi connectivity index (χ1) is 13.0. The van der Waals surface area contributed by atoms with E-state index in [0.29, 0.717) is 16.8 Å². The van der Waals surface area contributed by atoms with E-state index < -0.39 is 17.5 Å². The molecule has 3 N–H and O–H groups in total. The monoisotopic (exact) mass is 360 g/mol. The van der Waals surface area contributed by atoms with Crippen LogP contribution in [0, 0.1) is 0 Å². The molecule has 1 saturated heterocycles. The van der Waals surface area contributed by atoms with E-state index in [-0.39, 0.29) is 5.91 Å². The number of aromatic nitrogens is 1. The Bertz CT molecular complexity index is 1090. The predicted octanol–water partition coefficient (Wildman–Crippen LogP) is 2.54. The fourth-order valence-corrected chi connectivity index (χ4v) is 3.15. The van der Waals surface area contributed by atoms with Crippen LogP contribution in [-0.2, 0) is 10.3 Å². The van der Waals surface area contributed by atoms with Crippen LogP contribution in [0.4, 0.5) is 10.5 Å². The highest BCUT2D eigenvalue weighted by Gasteiger charge is 2.43. The number of rotatable bonds is 3. The third-order valence-corrected chi connectivity index (χ3v) is 4.64. The van der Waals surface area contributed by atoms with E-state index >= 15 is 0 Å². The number of nitrogens with one attached hydrogen (secondary N) is 3. The highest BCUT2D eigenvalue weighted by Crippen LogP contribution is 2.27. The minimum absolute atomic E-state index is 0.282. The predicted molar refractivity (Wildman–Crippen MR) is 100 cm³/mol. The van der Waals surface area contributed by atoms with Crippen molar-refractivity contribution in [1.29, 1.82) is 0 Å². The molecule has 1 fully saturated rings. The van der Waals surface area contributed by atoms with Gasteiger partial charge in [-0.25, -0.2) is 4.79 Å². The molecule has 3 aromatic rings. The van der Waals surface area contributed by atoms with Crippen LogP contribution in [0.5, 0.6) is 0 Å². The smallest absolute Gasteiger partial charge is 0.322 e. The first-order valence-corrected chi connectivity index (χ1v) is 8.36. The molecule has 4 rings (SSSR count). The molecular weight excluding hydrogens is 344 g/mol. The van der Waals surface area contributed by atoms with Crippen LogP contribution >= 0.6 is 0 Å². The number of pyridine rings is 1. The van der Waals surface area contributed by atoms with Crippen molar-refractivity contribution in [2.45, 2.75) is 12.5 Å². The fourth-order valence-electron chi connectivity index (χ4n) is 3.15. The number of benzene rings is 2. The number of carbonyl (C=O) groups is 3. The summed E-state index contributed by atoms with van der Waals surface area (Å²) in [6, 6.07) is 15.4. The van der Waals surface area contributed by atoms with Crippen LogP contribution in [0.25, 0.3) is 10.9 Å². The van der Waals surface area contributed by atoms with Gasteiger partial charge in [0, 0.05) is 17.3 Å². The van der Waals surface area contributed by atoms with Crippen molar-refractivity contribution < 1.29 is 14.4 Å². The molecule has 0 aliphatic carbocycles. The lowest BCUT2D eigenvalue weighted by molar-refractivity contribution is -0.123. The second-order valence-electron chi connectivity index (χ2n) is 6.44. The van der Waals surface area contributed by atoms with Gasteiger partial charge in [-0.15, -0.1) is 0 Å². The van der Waals surface area contributed by atoms with Crippen molar-refractivity contribution in [3.63, 3.8) is 0 Å². The van der Waals surface area contributed by atoms with Gasteiger partial charge in [0.25, 0.3) is 11.8 Å². The van der Waals surface area contributed by atoms with E-state index in [1.54, 1.807) is 43.5 Å². The maximum Gasteiger partial charge on any atom is 0.322 e. The number of urea groups is 1. The van der Waals surface area contributed by atoms with Gasteiger partial charge < -0.3 is 10.6 Å². The minimum atomic E-state index is -1.18. The highest BCUT2D eigenvalue weighted by molar-refractivity contribution is 6.12. The molecule has 2 aromatic carbocycles. The number of fused-ring (bicyclic) bond motifs is 1. The maximum absolute atomic E-state index is 12.8. The summed E-state index contributed by atoms with van der Waals surface area (Å²) in [5.41, 5.74) is 1.15. The molecule has 0 saturated carbocycles. The molecule has 0 radical (unpaired) electrons. The second-order valence-corrected chi connectivity index (χ2v) is 6.44. The van der Waals surface area contributed by atoms with Crippen LogP contribution < -0.4 is 16.0 Å². The molecule has 7 heteroatoms. The molecule has 4 amide bonds. The lowest BCUT2D eigenvalue weighted by Crippen LogP contribution is -2.40. The van der Waals surface area contributed by atoms with E-state index in [0.717, 1.165) is 10.9 Å². The number of anilines is 1. The average molecular weight is 360 g/mol. The Hall–Kier alpha value is -3.74. The van der Waals surface area contributed by atoms with Gasteiger partial charge in [0.05, 0.1) is 11.1 Å². The van der Waals surface area contributed by atoms with Crippen molar-refractivity contribution in [2.75, 3.05) is 5.32 Å². The topological polar surface area (TPSA) is 100 Å². The van der Waals surface area contributed by atoms with Gasteiger partial charge in [-0.1, -0.05) is 30.3 Å². The lowest BCUT2D eigenvalue weighted by Gasteiger charge is -2.21. The zero-order valence-corrected chi connectivity index (χ0v) is 14.4. The number of hydrogen-bond acceptors (Lipinski definition) is 4. The summed E-state index contributed by atoms with van der Waals surface area (Å²) >= 11 is 0. The number of nitrogens with zero attached hydrogens (tertiary/aromatic N) is 1. The fraction of sp³-hybridized carbons (Fsp3) is 0.100. The average Bonchev–Trinajstić information content (AvgIpc) is 2.94. The van der Waals surface area contributed by atoms with Gasteiger partial charge in [-0.3, -0.25) is 19.9 Å². The lowest BCUT2D eigenvalue weighted by atomic mass is 9.92. The number of para-hydroxylation sites is 1. The van der Waals surface area contributed by atoms with Gasteiger partial charge in [0.15, 0.2) is 0 Å². The number of hydrogen-bond donors (Lipinski definition) is 3. The third-order valence-electron chi connectivity index (χ3n) is 4.64. The van der Waals surface area contributed by atoms with Crippen molar-refractivity contribution in [3.05, 3.63) is 71.9 Å². The van der Waals surface area contributed by atoms with Gasteiger partial charge in [-0.2, -0.15) is 0 Å². The summed E-state index contributed by atoms with van der Waals surface area (Å²) in [4.78, 5) is 40.6. The van der Waals surface area contributed by atoms with Gasteiger partial charge >= 0.3 is 6.03 Å². The van der Waals surface area contributed by atoms with Crippen LogP contribution in [0.1, 0.15) is 22.8 Å². The zero-order chi connectivity index (χ0) is 19.0. The van der Waals surface area contributed by atoms with Gasteiger partial charge in [0.1, 0.15) is 5.54 Å². The summed E-state index contributed by atoms with van der Waals surface area (Å²) in [7, 11) is 0. The molecule has 134 valence electrons. The Morgan fingerprint density at radius 1 is 1.07 bits per heavy atom. The molecule has 1 aromatic heterocycles. The molecule has 1 aliphatic rings. The first kappa shape index (κ1) is 16.7. The standard InChI is InChI=1S/C20H16N4O3/c1-20(18(26)23-19(27)24-20)12-5-4-6-13(11-12)22-17(25)15-9-10-21-16-8-3-2-7-14(15)16/h2-11H,1H3,(H,22,25)(H2,23,24,26,27). The molecular formula is C20H16N4O3. The summed E-state index contributed by atoms with van der Waals surface area (Å²) in [5.74, 6) is -0.716. The Morgan fingerprint density at radius 2 is 1.89 bits per heavy atom. The van der Waals surface area contributed by atoms with Crippen LogP contribution in [-0.4, -0.2) is 22.8 Å². The summed E-state index contributed by atoms with van der Waals surface area (Å²) in [5, 5.41) is 8.44. The maximum atomic E-state index is 12.8. The van der Waals surface area contributed by atoms with Crippen LogP contribution in [0.3, 0.4) is 0 Å². The molecule has 0 spiro atoms. The highest BCUT2D eigenvalue weighted by atomic mass is 16.2. The van der Waals surface area contributed by atoms with Crippen molar-refractivity contribution in [2.24, 2.45) is 0 Å². The van der Waals surface area contributed by atoms with Crippen molar-refractivity contribution in [1.82, 2.24) is 15.6 Å². The Kier molecular flexibility index (Phi) is 3.84. The molecule has 2 heterocycles. The van der Waals surface area contributed by atoms with Crippen molar-refractivity contribution in [3.8, 4) is 0 Å². The van der Waals surface area contributed by atoms with E-state index in [9.17, 15) is 14.4 Å². The molecule has 1 unspecified atom stereocenters. The molecule has 7 nitrogen and oxygen atoms in total. The molecule has 0 bridgehead atoms. The van der Waals surface area contributed by atoms with Gasteiger partial charge in [0.2, 0.25) is 0 Å². The molecule has 1 atom stereocenters. The van der Waals surface area contributed by atoms with Crippen molar-refractivity contribution >= 4 is 34.4 Å². The van der Waals surface area contributed by atoms with E-state index in [2.05, 4.69) is 20.9 Å². The number of imide groups is 1. The minimum Gasteiger partial charge on any atom is -0.322 e. The normalized spacial score (nSPS) is 18.9. The summed E-state index contributed by atoms with van der Waals surface area (Å²) in [6.07, 6.45) is 1.59. The Balaban J connectivity index is 1.65.